The van der Waals surface area contributed by atoms with Gasteiger partial charge in [0, 0.05) is 30.4 Å². The van der Waals surface area contributed by atoms with Gasteiger partial charge in [-0.2, -0.15) is 0 Å². The lowest BCUT2D eigenvalue weighted by Crippen LogP contribution is -2.39. The molecule has 37 heavy (non-hydrogen) atoms. The van der Waals surface area contributed by atoms with Crippen molar-refractivity contribution in [2.24, 2.45) is 0 Å². The Morgan fingerprint density at radius 1 is 0.811 bits per heavy atom. The van der Waals surface area contributed by atoms with E-state index in [1.807, 2.05) is 91.9 Å². The van der Waals surface area contributed by atoms with Crippen LogP contribution in [0, 0.1) is 6.92 Å². The lowest BCUT2D eigenvalue weighted by Gasteiger charge is -2.21. The Labute approximate surface area is 217 Å². The highest BCUT2D eigenvalue weighted by molar-refractivity contribution is 5.91. The predicted octanol–water partition coefficient (Wildman–Crippen LogP) is 5.71. The van der Waals surface area contributed by atoms with Crippen LogP contribution < -0.4 is 5.32 Å². The van der Waals surface area contributed by atoms with Gasteiger partial charge in [-0.3, -0.25) is 0 Å². The maximum atomic E-state index is 12.8. The summed E-state index contributed by atoms with van der Waals surface area (Å²) >= 11 is 0. The van der Waals surface area contributed by atoms with Crippen molar-refractivity contribution in [3.05, 3.63) is 131 Å². The number of amides is 1. The molecule has 1 aromatic heterocycles. The summed E-state index contributed by atoms with van der Waals surface area (Å²) in [7, 11) is 1.39. The van der Waals surface area contributed by atoms with E-state index in [0.29, 0.717) is 24.9 Å². The minimum absolute atomic E-state index is 0.182. The highest BCUT2D eigenvalue weighted by Crippen LogP contribution is 2.22. The standard InChI is InChI=1S/C31H32N2O4/c1-23-18-28(30(34)36-2)29(33(23)21-25-14-8-4-9-15-25)20-27(19-24-12-6-3-7-13-24)32-31(35)37-22-26-16-10-5-11-17-26/h3-18,27H,19-22H2,1-2H3,(H,32,35)/t27-/m0/s1. The van der Waals surface area contributed by atoms with Crippen LogP contribution in [0.2, 0.25) is 0 Å². The largest absolute Gasteiger partial charge is 0.465 e. The van der Waals surface area contributed by atoms with Crippen molar-refractivity contribution >= 4 is 12.1 Å². The predicted molar refractivity (Wildman–Crippen MR) is 143 cm³/mol. The summed E-state index contributed by atoms with van der Waals surface area (Å²) in [5.41, 5.74) is 5.38. The first kappa shape index (κ1) is 25.8. The summed E-state index contributed by atoms with van der Waals surface area (Å²) < 4.78 is 12.7. The quantitative estimate of drug-likeness (QED) is 0.286. The second-order valence-corrected chi connectivity index (χ2v) is 9.01. The average Bonchev–Trinajstić information content (AvgIpc) is 3.23. The van der Waals surface area contributed by atoms with Gasteiger partial charge >= 0.3 is 12.1 Å². The number of hydrogen-bond donors (Lipinski definition) is 1. The number of carbonyl (C=O) groups excluding carboxylic acids is 2. The number of methoxy groups -OCH3 is 1. The highest BCUT2D eigenvalue weighted by atomic mass is 16.5. The van der Waals surface area contributed by atoms with Crippen molar-refractivity contribution in [2.75, 3.05) is 7.11 Å². The van der Waals surface area contributed by atoms with Gasteiger partial charge in [-0.25, -0.2) is 9.59 Å². The molecule has 4 rings (SSSR count). The van der Waals surface area contributed by atoms with Crippen molar-refractivity contribution in [3.63, 3.8) is 0 Å². The van der Waals surface area contributed by atoms with Gasteiger partial charge in [-0.1, -0.05) is 91.0 Å². The van der Waals surface area contributed by atoms with Crippen LogP contribution in [0.5, 0.6) is 0 Å². The van der Waals surface area contributed by atoms with Crippen LogP contribution in [0.1, 0.15) is 38.4 Å². The van der Waals surface area contributed by atoms with Gasteiger partial charge in [-0.05, 0) is 36.1 Å². The molecule has 0 spiro atoms. The van der Waals surface area contributed by atoms with Crippen molar-refractivity contribution in [1.29, 1.82) is 0 Å². The number of benzene rings is 3. The van der Waals surface area contributed by atoms with Gasteiger partial charge in [0.05, 0.1) is 12.7 Å². The van der Waals surface area contributed by atoms with Crippen LogP contribution in [0.15, 0.2) is 97.1 Å². The molecule has 6 nitrogen and oxygen atoms in total. The van der Waals surface area contributed by atoms with Crippen LogP contribution in [0.4, 0.5) is 4.79 Å². The maximum absolute atomic E-state index is 12.8. The molecule has 4 aromatic rings. The van der Waals surface area contributed by atoms with Gasteiger partial charge in [0.25, 0.3) is 0 Å². The molecule has 0 saturated heterocycles. The number of nitrogens with zero attached hydrogens (tertiary/aromatic N) is 1. The number of ether oxygens (including phenoxy) is 2. The molecule has 0 fully saturated rings. The topological polar surface area (TPSA) is 69.6 Å². The Morgan fingerprint density at radius 2 is 1.38 bits per heavy atom. The monoisotopic (exact) mass is 496 g/mol. The fourth-order valence-electron chi connectivity index (χ4n) is 4.46. The SMILES string of the molecule is COC(=O)c1cc(C)n(Cc2ccccc2)c1C[C@H](Cc1ccccc1)NC(=O)OCc1ccccc1. The van der Waals surface area contributed by atoms with E-state index in [0.717, 1.165) is 28.1 Å². The minimum atomic E-state index is -0.498. The van der Waals surface area contributed by atoms with E-state index < -0.39 is 12.1 Å². The molecular weight excluding hydrogens is 464 g/mol. The maximum Gasteiger partial charge on any atom is 0.407 e. The first-order valence-electron chi connectivity index (χ1n) is 12.4. The molecule has 6 heteroatoms. The molecule has 0 unspecified atom stereocenters. The van der Waals surface area contributed by atoms with Crippen molar-refractivity contribution < 1.29 is 19.1 Å². The van der Waals surface area contributed by atoms with E-state index in [-0.39, 0.29) is 12.6 Å². The molecule has 1 atom stereocenters. The molecular formula is C31H32N2O4. The van der Waals surface area contributed by atoms with Crippen molar-refractivity contribution in [1.82, 2.24) is 9.88 Å². The number of nitrogens with one attached hydrogen (secondary N) is 1. The normalized spacial score (nSPS) is 11.5. The molecule has 0 aliphatic heterocycles. The van der Waals surface area contributed by atoms with Crippen molar-refractivity contribution in [2.45, 2.75) is 39.0 Å². The number of alkyl carbamates (subject to hydrolysis) is 1. The van der Waals surface area contributed by atoms with E-state index in [1.54, 1.807) is 0 Å². The first-order valence-corrected chi connectivity index (χ1v) is 12.4. The summed E-state index contributed by atoms with van der Waals surface area (Å²) in [5.74, 6) is -0.393. The summed E-state index contributed by atoms with van der Waals surface area (Å²) in [5, 5.41) is 3.04. The Balaban J connectivity index is 1.60. The summed E-state index contributed by atoms with van der Waals surface area (Å²) in [4.78, 5) is 25.6. The minimum Gasteiger partial charge on any atom is -0.465 e. The van der Waals surface area contributed by atoms with E-state index in [9.17, 15) is 9.59 Å². The fraction of sp³-hybridized carbons (Fsp3) is 0.226. The zero-order valence-electron chi connectivity index (χ0n) is 21.2. The number of esters is 1. The smallest absolute Gasteiger partial charge is 0.407 e. The Morgan fingerprint density at radius 3 is 1.97 bits per heavy atom. The van der Waals surface area contributed by atoms with Gasteiger partial charge < -0.3 is 19.4 Å². The molecule has 0 aliphatic carbocycles. The van der Waals surface area contributed by atoms with Crippen molar-refractivity contribution in [3.8, 4) is 0 Å². The number of hydrogen-bond acceptors (Lipinski definition) is 4. The molecule has 1 heterocycles. The second-order valence-electron chi connectivity index (χ2n) is 9.01. The lowest BCUT2D eigenvalue weighted by molar-refractivity contribution is 0.0599. The van der Waals surface area contributed by atoms with E-state index in [4.69, 9.17) is 9.47 Å². The third-order valence-electron chi connectivity index (χ3n) is 6.30. The molecule has 190 valence electrons. The molecule has 1 N–H and O–H groups in total. The molecule has 0 radical (unpaired) electrons. The lowest BCUT2D eigenvalue weighted by atomic mass is 10.00. The zero-order valence-corrected chi connectivity index (χ0v) is 21.2. The van der Waals surface area contributed by atoms with Crippen LogP contribution in [0.3, 0.4) is 0 Å². The third-order valence-corrected chi connectivity index (χ3v) is 6.30. The molecule has 0 aliphatic rings. The Bertz CT molecular complexity index is 1300. The zero-order chi connectivity index (χ0) is 26.0. The Kier molecular flexibility index (Phi) is 8.76. The van der Waals surface area contributed by atoms with E-state index in [2.05, 4.69) is 22.0 Å². The average molecular weight is 497 g/mol. The third kappa shape index (κ3) is 7.10. The van der Waals surface area contributed by atoms with Gasteiger partial charge in [-0.15, -0.1) is 0 Å². The Hall–Kier alpha value is -4.32. The van der Waals surface area contributed by atoms with Crippen LogP contribution in [-0.4, -0.2) is 29.8 Å². The molecule has 0 saturated carbocycles. The van der Waals surface area contributed by atoms with Gasteiger partial charge in [0.2, 0.25) is 0 Å². The van der Waals surface area contributed by atoms with Crippen LogP contribution in [0.25, 0.3) is 0 Å². The number of rotatable bonds is 10. The van der Waals surface area contributed by atoms with E-state index in [1.165, 1.54) is 7.11 Å². The molecule has 3 aromatic carbocycles. The van der Waals surface area contributed by atoms with E-state index >= 15 is 0 Å². The number of aromatic nitrogens is 1. The first-order chi connectivity index (χ1) is 18.0. The summed E-state index contributed by atoms with van der Waals surface area (Å²) in [6.45, 7) is 2.77. The fourth-order valence-corrected chi connectivity index (χ4v) is 4.46. The van der Waals surface area contributed by atoms with Crippen LogP contribution >= 0.6 is 0 Å². The van der Waals surface area contributed by atoms with Crippen LogP contribution in [-0.2, 0) is 35.5 Å². The number of carbonyl (C=O) groups is 2. The number of aryl methyl sites for hydroxylation is 1. The summed E-state index contributed by atoms with van der Waals surface area (Å²) in [6.07, 6.45) is 0.514. The molecule has 1 amide bonds. The highest BCUT2D eigenvalue weighted by Gasteiger charge is 2.24. The molecule has 0 bridgehead atoms. The van der Waals surface area contributed by atoms with Gasteiger partial charge in [0.15, 0.2) is 0 Å². The summed E-state index contributed by atoms with van der Waals surface area (Å²) in [6, 6.07) is 31.2. The second kappa shape index (κ2) is 12.6. The van der Waals surface area contributed by atoms with Gasteiger partial charge in [0.1, 0.15) is 6.61 Å².